The van der Waals surface area contributed by atoms with E-state index in [4.69, 9.17) is 0 Å². The molecule has 1 unspecified atom stereocenters. The molecule has 0 heterocycles. The van der Waals surface area contributed by atoms with E-state index in [9.17, 15) is 0 Å². The van der Waals surface area contributed by atoms with Crippen molar-refractivity contribution in [1.82, 2.24) is 0 Å². The fraction of sp³-hybridized carbons (Fsp3) is 0.158. The summed E-state index contributed by atoms with van der Waals surface area (Å²) in [7, 11) is 0. The van der Waals surface area contributed by atoms with Gasteiger partial charge in [0.15, 0.2) is 0 Å². The predicted molar refractivity (Wildman–Crippen MR) is 82.3 cm³/mol. The predicted octanol–water partition coefficient (Wildman–Crippen LogP) is 5.26. The lowest BCUT2D eigenvalue weighted by Gasteiger charge is -2.16. The Kier molecular flexibility index (Phi) is 3.33. The minimum Gasteiger partial charge on any atom is -0.0836 e. The van der Waals surface area contributed by atoms with Crippen LogP contribution in [0, 0.1) is 6.92 Å². The first-order valence-corrected chi connectivity index (χ1v) is 6.83. The third-order valence-electron chi connectivity index (χ3n) is 3.62. The molecule has 94 valence electrons. The van der Waals surface area contributed by atoms with E-state index in [1.54, 1.807) is 0 Å². The average molecular weight is 246 g/mol. The molecule has 2 aromatic rings. The van der Waals surface area contributed by atoms with Gasteiger partial charge in [-0.15, -0.1) is 0 Å². The van der Waals surface area contributed by atoms with Crippen molar-refractivity contribution in [2.24, 2.45) is 0 Å². The minimum atomic E-state index is 0.521. The number of benzene rings is 2. The van der Waals surface area contributed by atoms with E-state index in [0.29, 0.717) is 5.92 Å². The van der Waals surface area contributed by atoms with Crippen molar-refractivity contribution in [3.05, 3.63) is 84.0 Å². The van der Waals surface area contributed by atoms with Gasteiger partial charge in [0.1, 0.15) is 0 Å². The maximum Gasteiger partial charge on any atom is 0.00560 e. The Hall–Kier alpha value is -2.08. The second-order valence-corrected chi connectivity index (χ2v) is 5.15. The van der Waals surface area contributed by atoms with Crippen LogP contribution in [0.5, 0.6) is 0 Å². The van der Waals surface area contributed by atoms with Crippen LogP contribution in [-0.2, 0) is 0 Å². The molecule has 19 heavy (non-hydrogen) atoms. The van der Waals surface area contributed by atoms with Crippen LogP contribution in [0.4, 0.5) is 0 Å². The zero-order valence-corrected chi connectivity index (χ0v) is 11.2. The van der Waals surface area contributed by atoms with Crippen molar-refractivity contribution in [1.29, 1.82) is 0 Å². The molecule has 0 nitrogen and oxygen atoms in total. The van der Waals surface area contributed by atoms with Crippen LogP contribution in [0.2, 0.25) is 0 Å². The summed E-state index contributed by atoms with van der Waals surface area (Å²) in [5, 5.41) is 0. The van der Waals surface area contributed by atoms with Crippen LogP contribution < -0.4 is 0 Å². The fourth-order valence-corrected chi connectivity index (χ4v) is 2.65. The summed E-state index contributed by atoms with van der Waals surface area (Å²) < 4.78 is 0. The van der Waals surface area contributed by atoms with Gasteiger partial charge in [-0.1, -0.05) is 78.4 Å². The van der Waals surface area contributed by atoms with E-state index in [1.165, 1.54) is 22.3 Å². The highest BCUT2D eigenvalue weighted by Crippen LogP contribution is 2.29. The second-order valence-electron chi connectivity index (χ2n) is 5.15. The molecule has 0 saturated carbocycles. The van der Waals surface area contributed by atoms with Crippen molar-refractivity contribution in [3.63, 3.8) is 0 Å². The molecule has 2 aromatic carbocycles. The number of hydrogen-bond acceptors (Lipinski definition) is 0. The lowest BCUT2D eigenvalue weighted by molar-refractivity contribution is 0.853. The van der Waals surface area contributed by atoms with E-state index >= 15 is 0 Å². The van der Waals surface area contributed by atoms with Gasteiger partial charge < -0.3 is 0 Å². The number of rotatable bonds is 2. The Bertz CT molecular complexity index is 618. The molecule has 0 radical (unpaired) electrons. The summed E-state index contributed by atoms with van der Waals surface area (Å²) in [4.78, 5) is 0. The summed E-state index contributed by atoms with van der Waals surface area (Å²) in [6.45, 7) is 2.18. The maximum absolute atomic E-state index is 2.33. The van der Waals surface area contributed by atoms with Crippen LogP contribution >= 0.6 is 0 Å². The zero-order chi connectivity index (χ0) is 13.1. The minimum absolute atomic E-state index is 0.521. The summed E-state index contributed by atoms with van der Waals surface area (Å²) in [6, 6.07) is 17.5. The normalized spacial score (nSPS) is 17.6. The summed E-state index contributed by atoms with van der Waals surface area (Å²) in [5.74, 6) is 0.521. The highest BCUT2D eigenvalue weighted by atomic mass is 14.1. The van der Waals surface area contributed by atoms with Gasteiger partial charge in [0.2, 0.25) is 0 Å². The summed E-state index contributed by atoms with van der Waals surface area (Å²) in [6.07, 6.45) is 9.93. The quantitative estimate of drug-likeness (QED) is 0.678. The van der Waals surface area contributed by atoms with E-state index < -0.39 is 0 Å². The number of hydrogen-bond donors (Lipinski definition) is 0. The number of aryl methyl sites for hydroxylation is 1. The van der Waals surface area contributed by atoms with Crippen molar-refractivity contribution in [2.75, 3.05) is 0 Å². The topological polar surface area (TPSA) is 0 Å². The molecular formula is C19H18. The molecule has 0 fully saturated rings. The van der Waals surface area contributed by atoms with Crippen LogP contribution in [0.25, 0.3) is 11.1 Å². The third-order valence-corrected chi connectivity index (χ3v) is 3.62. The van der Waals surface area contributed by atoms with Crippen LogP contribution in [0.1, 0.15) is 23.5 Å². The second kappa shape index (κ2) is 5.27. The average Bonchev–Trinajstić information content (AvgIpc) is 2.48. The summed E-state index contributed by atoms with van der Waals surface area (Å²) in [5.41, 5.74) is 5.36. The zero-order valence-electron chi connectivity index (χ0n) is 11.2. The standard InChI is InChI=1S/C19H18/c1-15-12-18(16-8-4-2-5-9-16)14-19(13-15)17-10-6-3-7-11-17/h2-10,12-14,17H,11H2,1H3. The van der Waals surface area contributed by atoms with Crippen molar-refractivity contribution < 1.29 is 0 Å². The summed E-state index contributed by atoms with van der Waals surface area (Å²) >= 11 is 0. The van der Waals surface area contributed by atoms with Gasteiger partial charge >= 0.3 is 0 Å². The fourth-order valence-electron chi connectivity index (χ4n) is 2.65. The Morgan fingerprint density at radius 3 is 2.47 bits per heavy atom. The Morgan fingerprint density at radius 2 is 1.74 bits per heavy atom. The molecule has 1 aliphatic carbocycles. The number of allylic oxidation sites excluding steroid dienone is 4. The first kappa shape index (κ1) is 12.0. The Morgan fingerprint density at radius 1 is 0.895 bits per heavy atom. The maximum atomic E-state index is 2.33. The van der Waals surface area contributed by atoms with E-state index in [1.807, 2.05) is 0 Å². The molecule has 0 amide bonds. The molecule has 0 aromatic heterocycles. The van der Waals surface area contributed by atoms with E-state index in [0.717, 1.165) is 6.42 Å². The highest BCUT2D eigenvalue weighted by Gasteiger charge is 2.10. The molecule has 0 spiro atoms. The van der Waals surface area contributed by atoms with E-state index in [2.05, 4.69) is 79.8 Å². The monoisotopic (exact) mass is 246 g/mol. The van der Waals surface area contributed by atoms with Gasteiger partial charge in [0.25, 0.3) is 0 Å². The molecule has 0 saturated heterocycles. The molecule has 0 N–H and O–H groups in total. The first-order valence-electron chi connectivity index (χ1n) is 6.83. The van der Waals surface area contributed by atoms with Crippen LogP contribution in [-0.4, -0.2) is 0 Å². The molecule has 0 bridgehead atoms. The largest absolute Gasteiger partial charge is 0.0836 e. The lowest BCUT2D eigenvalue weighted by atomic mass is 9.89. The van der Waals surface area contributed by atoms with Gasteiger partial charge in [-0.05, 0) is 30.0 Å². The molecule has 0 heteroatoms. The molecule has 1 aliphatic rings. The molecule has 1 atom stereocenters. The smallest absolute Gasteiger partial charge is 0.00560 e. The third kappa shape index (κ3) is 2.68. The van der Waals surface area contributed by atoms with Crippen molar-refractivity contribution >= 4 is 0 Å². The van der Waals surface area contributed by atoms with Crippen molar-refractivity contribution in [3.8, 4) is 11.1 Å². The first-order chi connectivity index (χ1) is 9.33. The van der Waals surface area contributed by atoms with Gasteiger partial charge in [-0.25, -0.2) is 0 Å². The van der Waals surface area contributed by atoms with Crippen molar-refractivity contribution in [2.45, 2.75) is 19.3 Å². The van der Waals surface area contributed by atoms with Gasteiger partial charge in [-0.2, -0.15) is 0 Å². The highest BCUT2D eigenvalue weighted by molar-refractivity contribution is 5.65. The Balaban J connectivity index is 2.01. The Labute approximate surface area is 115 Å². The van der Waals surface area contributed by atoms with E-state index in [-0.39, 0.29) is 0 Å². The van der Waals surface area contributed by atoms with Crippen LogP contribution in [0.15, 0.2) is 72.8 Å². The molecule has 0 aliphatic heterocycles. The SMILES string of the molecule is Cc1cc(-c2ccccc2)cc(C2C=CC=CC2)c1. The van der Waals surface area contributed by atoms with Gasteiger partial charge in [0.05, 0.1) is 0 Å². The van der Waals surface area contributed by atoms with Gasteiger partial charge in [-0.3, -0.25) is 0 Å². The van der Waals surface area contributed by atoms with Gasteiger partial charge in [0, 0.05) is 5.92 Å². The molecular weight excluding hydrogens is 228 g/mol. The van der Waals surface area contributed by atoms with Crippen LogP contribution in [0.3, 0.4) is 0 Å². The molecule has 3 rings (SSSR count). The lowest BCUT2D eigenvalue weighted by Crippen LogP contribution is -1.97.